The number of ether oxygens (including phenoxy) is 1. The van der Waals surface area contributed by atoms with Crippen molar-refractivity contribution >= 4 is 16.1 Å². The second-order valence-corrected chi connectivity index (χ2v) is 9.19. The number of carbonyl (C=O) groups excluding carboxylic acids is 1. The Morgan fingerprint density at radius 1 is 1.32 bits per heavy atom. The molecule has 0 aliphatic carbocycles. The molecule has 0 radical (unpaired) electrons. The molecule has 1 aromatic rings. The summed E-state index contributed by atoms with van der Waals surface area (Å²) >= 11 is 0. The summed E-state index contributed by atoms with van der Waals surface area (Å²) in [6, 6.07) is 5.13. The fraction of sp³-hybridized carbons (Fsp3) is 0.588. The molecular formula is C17H25FN2O4S. The predicted molar refractivity (Wildman–Crippen MR) is 93.0 cm³/mol. The smallest absolute Gasteiger partial charge is 0.407 e. The molecule has 1 aliphatic heterocycles. The highest BCUT2D eigenvalue weighted by molar-refractivity contribution is 7.88. The monoisotopic (exact) mass is 372 g/mol. The SMILES string of the molecule is CC(C)(C)OC(=O)N[C@H]1CCCN(S(=O)(=O)Cc2ccc(F)cc2)C1. The maximum atomic E-state index is 13.0. The van der Waals surface area contributed by atoms with Gasteiger partial charge in [0, 0.05) is 19.1 Å². The molecule has 1 amide bonds. The average Bonchev–Trinajstić information content (AvgIpc) is 2.48. The van der Waals surface area contributed by atoms with Crippen LogP contribution in [0, 0.1) is 5.82 Å². The van der Waals surface area contributed by atoms with E-state index in [2.05, 4.69) is 5.32 Å². The lowest BCUT2D eigenvalue weighted by molar-refractivity contribution is 0.0487. The van der Waals surface area contributed by atoms with Gasteiger partial charge in [0.05, 0.1) is 5.75 Å². The number of carbonyl (C=O) groups is 1. The molecule has 6 nitrogen and oxygen atoms in total. The van der Waals surface area contributed by atoms with Crippen LogP contribution >= 0.6 is 0 Å². The third kappa shape index (κ3) is 6.28. The molecule has 0 saturated carbocycles. The van der Waals surface area contributed by atoms with E-state index in [0.717, 1.165) is 0 Å². The van der Waals surface area contributed by atoms with E-state index in [1.807, 2.05) is 0 Å². The number of benzene rings is 1. The Balaban J connectivity index is 1.97. The van der Waals surface area contributed by atoms with Gasteiger partial charge in [0.2, 0.25) is 10.0 Å². The van der Waals surface area contributed by atoms with Crippen LogP contribution in [0.5, 0.6) is 0 Å². The Bertz CT molecular complexity index is 698. The molecule has 1 N–H and O–H groups in total. The molecule has 0 spiro atoms. The van der Waals surface area contributed by atoms with Crippen LogP contribution in [0.25, 0.3) is 0 Å². The summed E-state index contributed by atoms with van der Waals surface area (Å²) in [6.07, 6.45) is 0.806. The summed E-state index contributed by atoms with van der Waals surface area (Å²) in [6.45, 7) is 5.94. The number of halogens is 1. The second-order valence-electron chi connectivity index (χ2n) is 7.23. The third-order valence-electron chi connectivity index (χ3n) is 3.76. The molecule has 0 aromatic heterocycles. The zero-order valence-electron chi connectivity index (χ0n) is 14.8. The van der Waals surface area contributed by atoms with Gasteiger partial charge in [-0.2, -0.15) is 4.31 Å². The lowest BCUT2D eigenvalue weighted by Gasteiger charge is -2.32. The van der Waals surface area contributed by atoms with E-state index in [9.17, 15) is 17.6 Å². The van der Waals surface area contributed by atoms with E-state index < -0.39 is 27.5 Å². The first-order chi connectivity index (χ1) is 11.5. The van der Waals surface area contributed by atoms with Gasteiger partial charge in [0.25, 0.3) is 0 Å². The van der Waals surface area contributed by atoms with Gasteiger partial charge in [-0.15, -0.1) is 0 Å². The number of nitrogens with zero attached hydrogens (tertiary/aromatic N) is 1. The van der Waals surface area contributed by atoms with Crippen molar-refractivity contribution in [2.24, 2.45) is 0 Å². The number of hydrogen-bond donors (Lipinski definition) is 1. The maximum absolute atomic E-state index is 13.0. The second kappa shape index (κ2) is 7.70. The summed E-state index contributed by atoms with van der Waals surface area (Å²) < 4.78 is 44.7. The topological polar surface area (TPSA) is 75.7 Å². The van der Waals surface area contributed by atoms with Gasteiger partial charge in [-0.3, -0.25) is 0 Å². The summed E-state index contributed by atoms with van der Waals surface area (Å²) in [5.41, 5.74) is -0.0729. The number of nitrogens with one attached hydrogen (secondary N) is 1. The van der Waals surface area contributed by atoms with Crippen molar-refractivity contribution < 1.29 is 22.3 Å². The number of rotatable bonds is 4. The van der Waals surface area contributed by atoms with Gasteiger partial charge in [-0.05, 0) is 51.3 Å². The van der Waals surface area contributed by atoms with Crippen LogP contribution in [-0.4, -0.2) is 43.5 Å². The van der Waals surface area contributed by atoms with Crippen molar-refractivity contribution in [3.63, 3.8) is 0 Å². The quantitative estimate of drug-likeness (QED) is 0.882. The fourth-order valence-electron chi connectivity index (χ4n) is 2.67. The van der Waals surface area contributed by atoms with Crippen molar-refractivity contribution in [1.82, 2.24) is 9.62 Å². The highest BCUT2D eigenvalue weighted by Gasteiger charge is 2.30. The lowest BCUT2D eigenvalue weighted by atomic mass is 10.1. The Labute approximate surface area is 148 Å². The third-order valence-corrected chi connectivity index (χ3v) is 5.58. The van der Waals surface area contributed by atoms with E-state index >= 15 is 0 Å². The Hall–Kier alpha value is -1.67. The van der Waals surface area contributed by atoms with Crippen LogP contribution in [0.3, 0.4) is 0 Å². The van der Waals surface area contributed by atoms with Crippen molar-refractivity contribution in [2.75, 3.05) is 13.1 Å². The standard InChI is InChI=1S/C17H25FN2O4S/c1-17(2,3)24-16(21)19-15-5-4-10-20(11-15)25(22,23)12-13-6-8-14(18)9-7-13/h6-9,15H,4-5,10-12H2,1-3H3,(H,19,21)/t15-/m0/s1. The van der Waals surface area contributed by atoms with Crippen molar-refractivity contribution in [2.45, 2.75) is 51.0 Å². The summed E-state index contributed by atoms with van der Waals surface area (Å²) in [7, 11) is -3.53. The largest absolute Gasteiger partial charge is 0.444 e. The van der Waals surface area contributed by atoms with Crippen molar-refractivity contribution in [1.29, 1.82) is 0 Å². The molecule has 1 fully saturated rings. The minimum Gasteiger partial charge on any atom is -0.444 e. The highest BCUT2D eigenvalue weighted by Crippen LogP contribution is 2.18. The Morgan fingerprint density at radius 2 is 1.96 bits per heavy atom. The van der Waals surface area contributed by atoms with Crippen LogP contribution in [0.15, 0.2) is 24.3 Å². The molecule has 140 valence electrons. The molecule has 25 heavy (non-hydrogen) atoms. The normalized spacial score (nSPS) is 19.4. The molecule has 8 heteroatoms. The van der Waals surface area contributed by atoms with Gasteiger partial charge < -0.3 is 10.1 Å². The molecule has 1 aliphatic rings. The van der Waals surface area contributed by atoms with Crippen LogP contribution in [0.1, 0.15) is 39.2 Å². The lowest BCUT2D eigenvalue weighted by Crippen LogP contribution is -2.50. The summed E-state index contributed by atoms with van der Waals surface area (Å²) in [5, 5.41) is 2.73. The van der Waals surface area contributed by atoms with Gasteiger partial charge in [0.15, 0.2) is 0 Å². The van der Waals surface area contributed by atoms with E-state index in [1.165, 1.54) is 28.6 Å². The first-order valence-corrected chi connectivity index (χ1v) is 9.88. The number of alkyl carbamates (subject to hydrolysis) is 1. The fourth-order valence-corrected chi connectivity index (χ4v) is 4.28. The van der Waals surface area contributed by atoms with Crippen LogP contribution in [0.2, 0.25) is 0 Å². The van der Waals surface area contributed by atoms with Crippen LogP contribution < -0.4 is 5.32 Å². The van der Waals surface area contributed by atoms with Gasteiger partial charge in [-0.1, -0.05) is 12.1 Å². The maximum Gasteiger partial charge on any atom is 0.407 e. The number of sulfonamides is 1. The first-order valence-electron chi connectivity index (χ1n) is 8.27. The zero-order valence-corrected chi connectivity index (χ0v) is 15.6. The van der Waals surface area contributed by atoms with Gasteiger partial charge in [0.1, 0.15) is 11.4 Å². The van der Waals surface area contributed by atoms with Crippen molar-refractivity contribution in [3.05, 3.63) is 35.6 Å². The van der Waals surface area contributed by atoms with Gasteiger partial charge >= 0.3 is 6.09 Å². The number of amides is 1. The molecular weight excluding hydrogens is 347 g/mol. The molecule has 1 saturated heterocycles. The molecule has 1 atom stereocenters. The molecule has 0 bridgehead atoms. The summed E-state index contributed by atoms with van der Waals surface area (Å²) in [4.78, 5) is 11.9. The molecule has 1 aromatic carbocycles. The minimum absolute atomic E-state index is 0.188. The molecule has 1 heterocycles. The van der Waals surface area contributed by atoms with Gasteiger partial charge in [-0.25, -0.2) is 17.6 Å². The van der Waals surface area contributed by atoms with E-state index in [4.69, 9.17) is 4.74 Å². The zero-order chi connectivity index (χ0) is 18.7. The molecule has 2 rings (SSSR count). The number of piperidine rings is 1. The van der Waals surface area contributed by atoms with E-state index in [0.29, 0.717) is 24.9 Å². The molecule has 0 unspecified atom stereocenters. The summed E-state index contributed by atoms with van der Waals surface area (Å²) in [5.74, 6) is -0.590. The Kier molecular flexibility index (Phi) is 6.05. The van der Waals surface area contributed by atoms with E-state index in [-0.39, 0.29) is 18.3 Å². The number of hydrogen-bond acceptors (Lipinski definition) is 4. The average molecular weight is 372 g/mol. The predicted octanol–water partition coefficient (Wildman–Crippen LogP) is 2.64. The van der Waals surface area contributed by atoms with Crippen molar-refractivity contribution in [3.8, 4) is 0 Å². The minimum atomic E-state index is -3.53. The first kappa shape index (κ1) is 19.7. The Morgan fingerprint density at radius 3 is 2.56 bits per heavy atom. The van der Waals surface area contributed by atoms with Crippen LogP contribution in [-0.2, 0) is 20.5 Å². The van der Waals surface area contributed by atoms with E-state index in [1.54, 1.807) is 20.8 Å². The van der Waals surface area contributed by atoms with Crippen LogP contribution in [0.4, 0.5) is 9.18 Å². The highest BCUT2D eigenvalue weighted by atomic mass is 32.2.